The molecule has 0 fully saturated rings. The Labute approximate surface area is 404 Å². The number of para-hydroxylation sites is 2. The number of aryl methyl sites for hydroxylation is 1. The second-order valence-electron chi connectivity index (χ2n) is 18.1. The minimum Gasteiger partial charge on any atom is -0.376 e. The molecule has 0 saturated heterocycles. The average molecular weight is 880 g/mol. The number of rotatable bonds is 8. The van der Waals surface area contributed by atoms with Crippen molar-refractivity contribution in [1.29, 1.82) is 0 Å². The van der Waals surface area contributed by atoms with Crippen LogP contribution in [0.25, 0.3) is 55.3 Å². The van der Waals surface area contributed by atoms with Crippen molar-refractivity contribution in [3.05, 3.63) is 266 Å². The lowest BCUT2D eigenvalue weighted by molar-refractivity contribution is 1.25. The largest absolute Gasteiger partial charge is 0.376 e. The van der Waals surface area contributed by atoms with Gasteiger partial charge in [0.15, 0.2) is 0 Å². The number of nitrogens with zero attached hydrogens (tertiary/aromatic N) is 3. The van der Waals surface area contributed by atoms with Crippen molar-refractivity contribution in [3.63, 3.8) is 0 Å². The van der Waals surface area contributed by atoms with Crippen LogP contribution in [-0.2, 0) is 0 Å². The van der Waals surface area contributed by atoms with Gasteiger partial charge in [0, 0.05) is 50.8 Å². The Bertz CT molecular complexity index is 3630. The van der Waals surface area contributed by atoms with Crippen LogP contribution in [0.5, 0.6) is 0 Å². The molecule has 69 heavy (non-hydrogen) atoms. The SMILES string of the molecule is Cc1ccc(-c2ccccc2)cc1N1c2ccc(-c3ccccc3)cc2B2c3c(cc4ccccc4c31)-c1ccc(N(c3ccccc3)c3ccccc3)cc1N2c1ccc(-c2ccccc2)cc1. The van der Waals surface area contributed by atoms with E-state index in [9.17, 15) is 0 Å². The van der Waals surface area contributed by atoms with Crippen LogP contribution < -0.4 is 25.5 Å². The molecule has 324 valence electrons. The number of fused-ring (bicyclic) bond motifs is 6. The summed E-state index contributed by atoms with van der Waals surface area (Å²) in [5.74, 6) is 0. The van der Waals surface area contributed by atoms with Gasteiger partial charge < -0.3 is 14.6 Å². The normalized spacial score (nSPS) is 12.3. The predicted octanol–water partition coefficient (Wildman–Crippen LogP) is 16.3. The summed E-state index contributed by atoms with van der Waals surface area (Å²) in [7, 11) is 0. The van der Waals surface area contributed by atoms with Gasteiger partial charge in [0.2, 0.25) is 0 Å². The van der Waals surface area contributed by atoms with Crippen molar-refractivity contribution in [2.75, 3.05) is 14.6 Å². The maximum absolute atomic E-state index is 2.64. The smallest absolute Gasteiger partial charge is 0.333 e. The van der Waals surface area contributed by atoms with Crippen molar-refractivity contribution < 1.29 is 0 Å². The first-order valence-electron chi connectivity index (χ1n) is 23.9. The monoisotopic (exact) mass is 879 g/mol. The molecule has 0 bridgehead atoms. The van der Waals surface area contributed by atoms with Gasteiger partial charge in [-0.1, -0.05) is 194 Å². The minimum absolute atomic E-state index is 0.195. The Morgan fingerprint density at radius 1 is 0.362 bits per heavy atom. The van der Waals surface area contributed by atoms with Crippen molar-refractivity contribution in [2.24, 2.45) is 0 Å². The molecule has 2 aliphatic rings. The van der Waals surface area contributed by atoms with E-state index in [2.05, 4.69) is 282 Å². The van der Waals surface area contributed by atoms with Gasteiger partial charge in [-0.05, 0) is 134 Å². The molecule has 4 heteroatoms. The minimum atomic E-state index is -0.195. The molecule has 0 spiro atoms. The van der Waals surface area contributed by atoms with Gasteiger partial charge in [-0.3, -0.25) is 0 Å². The molecule has 0 atom stereocenters. The molecular formula is C65H46BN3. The Morgan fingerprint density at radius 2 is 0.884 bits per heavy atom. The third kappa shape index (κ3) is 6.91. The highest BCUT2D eigenvalue weighted by Crippen LogP contribution is 2.52. The van der Waals surface area contributed by atoms with Gasteiger partial charge in [0.25, 0.3) is 0 Å². The Balaban J connectivity index is 1.13. The first kappa shape index (κ1) is 40.4. The van der Waals surface area contributed by atoms with Crippen LogP contribution in [0.3, 0.4) is 0 Å². The molecule has 13 rings (SSSR count). The Kier molecular flexibility index (Phi) is 9.83. The summed E-state index contributed by atoms with van der Waals surface area (Å²) in [6.07, 6.45) is 0. The lowest BCUT2D eigenvalue weighted by Gasteiger charge is -2.47. The molecule has 2 heterocycles. The van der Waals surface area contributed by atoms with Crippen LogP contribution in [0.1, 0.15) is 5.56 Å². The maximum atomic E-state index is 2.64. The van der Waals surface area contributed by atoms with Gasteiger partial charge >= 0.3 is 6.85 Å². The summed E-state index contributed by atoms with van der Waals surface area (Å²) in [4.78, 5) is 7.61. The molecule has 0 radical (unpaired) electrons. The van der Waals surface area contributed by atoms with Gasteiger partial charge in [0.1, 0.15) is 0 Å². The van der Waals surface area contributed by atoms with Crippen LogP contribution in [0.15, 0.2) is 261 Å². The number of hydrogen-bond acceptors (Lipinski definition) is 3. The average Bonchev–Trinajstić information content (AvgIpc) is 3.42. The first-order valence-corrected chi connectivity index (χ1v) is 23.9. The molecule has 0 aromatic heterocycles. The Morgan fingerprint density at radius 3 is 1.52 bits per heavy atom. The number of hydrogen-bond donors (Lipinski definition) is 0. The standard InChI is InChI=1S/C65H46BN3/c1-45-31-32-51(48-23-11-4-12-24-48)43-62(45)68-61-40-35-50(47-21-9-3-10-22-47)42-60(61)66-64-59(41-52-25-17-18-30-57(52)65(64)68)58-39-38-56(67(53-26-13-5-14-27-53)54-28-15-6-16-29-54)44-63(58)69(66)55-36-33-49(34-37-55)46-19-7-2-8-20-46/h2-44H,1H3. The van der Waals surface area contributed by atoms with Gasteiger partial charge in [-0.2, -0.15) is 0 Å². The number of benzene rings is 11. The summed E-state index contributed by atoms with van der Waals surface area (Å²) in [5.41, 5.74) is 22.5. The highest BCUT2D eigenvalue weighted by molar-refractivity contribution is 6.94. The van der Waals surface area contributed by atoms with Gasteiger partial charge in [0.05, 0.1) is 5.69 Å². The molecule has 0 N–H and O–H groups in total. The zero-order chi connectivity index (χ0) is 45.8. The second-order valence-corrected chi connectivity index (χ2v) is 18.1. The molecule has 2 aliphatic heterocycles. The van der Waals surface area contributed by atoms with Crippen molar-refractivity contribution in [1.82, 2.24) is 0 Å². The summed E-state index contributed by atoms with van der Waals surface area (Å²) in [6, 6.07) is 95.7. The van der Waals surface area contributed by atoms with Crippen LogP contribution in [0.4, 0.5) is 45.5 Å². The molecule has 11 aromatic carbocycles. The van der Waals surface area contributed by atoms with E-state index in [1.54, 1.807) is 0 Å². The van der Waals surface area contributed by atoms with Crippen LogP contribution in [0, 0.1) is 6.92 Å². The molecule has 0 unspecified atom stereocenters. The summed E-state index contributed by atoms with van der Waals surface area (Å²) in [5, 5.41) is 2.43. The summed E-state index contributed by atoms with van der Waals surface area (Å²) in [6.45, 7) is 2.06. The van der Waals surface area contributed by atoms with E-state index < -0.39 is 0 Å². The highest BCUT2D eigenvalue weighted by atomic mass is 15.2. The third-order valence-corrected chi connectivity index (χ3v) is 14.1. The fourth-order valence-corrected chi connectivity index (χ4v) is 10.9. The quantitative estimate of drug-likeness (QED) is 0.141. The molecule has 0 saturated carbocycles. The van der Waals surface area contributed by atoms with Gasteiger partial charge in [-0.15, -0.1) is 0 Å². The van der Waals surface area contributed by atoms with Crippen molar-refractivity contribution in [2.45, 2.75) is 6.92 Å². The fraction of sp³-hybridized carbons (Fsp3) is 0.0154. The zero-order valence-corrected chi connectivity index (χ0v) is 38.2. The third-order valence-electron chi connectivity index (χ3n) is 14.1. The summed E-state index contributed by atoms with van der Waals surface area (Å²) < 4.78 is 0. The van der Waals surface area contributed by atoms with Crippen LogP contribution >= 0.6 is 0 Å². The topological polar surface area (TPSA) is 9.72 Å². The molecular weight excluding hydrogens is 834 g/mol. The van der Waals surface area contributed by atoms with E-state index in [4.69, 9.17) is 0 Å². The molecule has 11 aromatic rings. The van der Waals surface area contributed by atoms with Crippen LogP contribution in [0.2, 0.25) is 0 Å². The fourth-order valence-electron chi connectivity index (χ4n) is 10.9. The van der Waals surface area contributed by atoms with E-state index in [-0.39, 0.29) is 6.85 Å². The lowest BCUT2D eigenvalue weighted by atomic mass is 9.43. The highest BCUT2D eigenvalue weighted by Gasteiger charge is 2.46. The predicted molar refractivity (Wildman–Crippen MR) is 293 cm³/mol. The van der Waals surface area contributed by atoms with E-state index in [1.165, 1.54) is 88.8 Å². The van der Waals surface area contributed by atoms with Gasteiger partial charge in [-0.25, -0.2) is 0 Å². The summed E-state index contributed by atoms with van der Waals surface area (Å²) >= 11 is 0. The molecule has 3 nitrogen and oxygen atoms in total. The van der Waals surface area contributed by atoms with Crippen molar-refractivity contribution in [3.8, 4) is 44.5 Å². The van der Waals surface area contributed by atoms with E-state index in [0.29, 0.717) is 0 Å². The van der Waals surface area contributed by atoms with E-state index in [1.807, 2.05) is 0 Å². The van der Waals surface area contributed by atoms with Crippen molar-refractivity contribution >= 4 is 74.0 Å². The number of anilines is 8. The second kappa shape index (κ2) is 16.8. The first-order chi connectivity index (χ1) is 34.2. The van der Waals surface area contributed by atoms with E-state index in [0.717, 1.165) is 28.4 Å². The molecule has 0 aliphatic carbocycles. The lowest BCUT2D eigenvalue weighted by Crippen LogP contribution is -2.61. The van der Waals surface area contributed by atoms with E-state index >= 15 is 0 Å². The molecule has 0 amide bonds. The zero-order valence-electron chi connectivity index (χ0n) is 38.2. The Hall–Kier alpha value is -8.86. The van der Waals surface area contributed by atoms with Crippen LogP contribution in [-0.4, -0.2) is 6.85 Å². The maximum Gasteiger partial charge on any atom is 0.333 e.